The topological polar surface area (TPSA) is 72.6 Å². The third-order valence-corrected chi connectivity index (χ3v) is 5.01. The molecule has 1 aliphatic carbocycles. The van der Waals surface area contributed by atoms with Crippen LogP contribution in [-0.2, 0) is 10.0 Å². The maximum absolute atomic E-state index is 12.5. The number of rotatable bonds is 6. The first kappa shape index (κ1) is 14.1. The van der Waals surface area contributed by atoms with Crippen LogP contribution in [0.15, 0.2) is 23.1 Å². The Morgan fingerprint density at radius 3 is 2.68 bits per heavy atom. The van der Waals surface area contributed by atoms with Gasteiger partial charge < -0.3 is 10.5 Å². The van der Waals surface area contributed by atoms with Gasteiger partial charge in [-0.05, 0) is 43.9 Å². The van der Waals surface area contributed by atoms with Gasteiger partial charge in [-0.3, -0.25) is 0 Å². The molecule has 0 heterocycles. The highest BCUT2D eigenvalue weighted by atomic mass is 32.2. The first-order valence-electron chi connectivity index (χ1n) is 6.43. The van der Waals surface area contributed by atoms with Crippen LogP contribution in [-0.4, -0.2) is 32.9 Å². The zero-order chi connectivity index (χ0) is 14.0. The lowest BCUT2D eigenvalue weighted by atomic mass is 10.3. The van der Waals surface area contributed by atoms with Gasteiger partial charge in [0.05, 0.1) is 6.61 Å². The quantitative estimate of drug-likeness (QED) is 0.807. The molecule has 2 N–H and O–H groups in total. The normalized spacial score (nSPS) is 15.7. The Kier molecular flexibility index (Phi) is 4.01. The van der Waals surface area contributed by atoms with Crippen LogP contribution in [0.5, 0.6) is 5.75 Å². The fraction of sp³-hybridized carbons (Fsp3) is 0.538. The zero-order valence-corrected chi connectivity index (χ0v) is 12.1. The molecule has 19 heavy (non-hydrogen) atoms. The van der Waals surface area contributed by atoms with Crippen molar-refractivity contribution in [2.75, 3.05) is 25.9 Å². The SMILES string of the molecule is CCOc1ccc(N)cc1S(=O)(=O)N(C)CC1CC1. The van der Waals surface area contributed by atoms with Crippen molar-refractivity contribution in [3.05, 3.63) is 18.2 Å². The van der Waals surface area contributed by atoms with Crippen LogP contribution in [0.3, 0.4) is 0 Å². The Labute approximate surface area is 114 Å². The largest absolute Gasteiger partial charge is 0.492 e. The molecule has 0 amide bonds. The molecule has 6 heteroatoms. The van der Waals surface area contributed by atoms with E-state index >= 15 is 0 Å². The lowest BCUT2D eigenvalue weighted by Crippen LogP contribution is -2.29. The first-order chi connectivity index (χ1) is 8.95. The van der Waals surface area contributed by atoms with Crippen LogP contribution < -0.4 is 10.5 Å². The maximum atomic E-state index is 12.5. The van der Waals surface area contributed by atoms with Crippen molar-refractivity contribution in [3.63, 3.8) is 0 Å². The molecule has 1 aliphatic rings. The van der Waals surface area contributed by atoms with Crippen molar-refractivity contribution in [1.29, 1.82) is 0 Å². The zero-order valence-electron chi connectivity index (χ0n) is 11.3. The maximum Gasteiger partial charge on any atom is 0.246 e. The summed E-state index contributed by atoms with van der Waals surface area (Å²) in [6, 6.07) is 4.71. The molecule has 1 fully saturated rings. The lowest BCUT2D eigenvalue weighted by Gasteiger charge is -2.19. The Balaban J connectivity index is 2.34. The second-order valence-corrected chi connectivity index (χ2v) is 6.88. The first-order valence-corrected chi connectivity index (χ1v) is 7.87. The average Bonchev–Trinajstić information content (AvgIpc) is 3.15. The Morgan fingerprint density at radius 1 is 1.42 bits per heavy atom. The van der Waals surface area contributed by atoms with Gasteiger partial charge in [-0.2, -0.15) is 0 Å². The highest BCUT2D eigenvalue weighted by molar-refractivity contribution is 7.89. The minimum absolute atomic E-state index is 0.150. The molecule has 1 aromatic carbocycles. The summed E-state index contributed by atoms with van der Waals surface area (Å²) in [5.74, 6) is 0.857. The number of ether oxygens (including phenoxy) is 1. The van der Waals surface area contributed by atoms with E-state index in [4.69, 9.17) is 10.5 Å². The van der Waals surface area contributed by atoms with E-state index in [0.717, 1.165) is 12.8 Å². The van der Waals surface area contributed by atoms with E-state index < -0.39 is 10.0 Å². The van der Waals surface area contributed by atoms with E-state index in [9.17, 15) is 8.42 Å². The molecule has 0 unspecified atom stereocenters. The third kappa shape index (κ3) is 3.19. The molecular weight excluding hydrogens is 264 g/mol. The molecule has 106 valence electrons. The summed E-state index contributed by atoms with van der Waals surface area (Å²) in [5.41, 5.74) is 6.11. The average molecular weight is 284 g/mol. The van der Waals surface area contributed by atoms with E-state index in [2.05, 4.69) is 0 Å². The van der Waals surface area contributed by atoms with Gasteiger partial charge >= 0.3 is 0 Å². The van der Waals surface area contributed by atoms with E-state index in [0.29, 0.717) is 30.5 Å². The molecule has 5 nitrogen and oxygen atoms in total. The molecule has 0 bridgehead atoms. The smallest absolute Gasteiger partial charge is 0.246 e. The van der Waals surface area contributed by atoms with Gasteiger partial charge in [-0.1, -0.05) is 0 Å². The summed E-state index contributed by atoms with van der Waals surface area (Å²) in [6.07, 6.45) is 2.21. The van der Waals surface area contributed by atoms with Gasteiger partial charge in [0.1, 0.15) is 10.6 Å². The summed E-state index contributed by atoms with van der Waals surface area (Å²) in [4.78, 5) is 0.150. The minimum Gasteiger partial charge on any atom is -0.492 e. The highest BCUT2D eigenvalue weighted by Gasteiger charge is 2.31. The summed E-state index contributed by atoms with van der Waals surface area (Å²) in [6.45, 7) is 2.79. The fourth-order valence-corrected chi connectivity index (χ4v) is 3.34. The molecule has 1 aromatic rings. The predicted molar refractivity (Wildman–Crippen MR) is 74.6 cm³/mol. The number of nitrogens with two attached hydrogens (primary N) is 1. The lowest BCUT2D eigenvalue weighted by molar-refractivity contribution is 0.329. The van der Waals surface area contributed by atoms with Crippen LogP contribution in [0.2, 0.25) is 0 Å². The van der Waals surface area contributed by atoms with Crippen molar-refractivity contribution < 1.29 is 13.2 Å². The van der Waals surface area contributed by atoms with Crippen LogP contribution in [0.4, 0.5) is 5.69 Å². The van der Waals surface area contributed by atoms with Crippen molar-refractivity contribution in [2.24, 2.45) is 5.92 Å². The molecule has 0 aliphatic heterocycles. The van der Waals surface area contributed by atoms with Gasteiger partial charge in [-0.25, -0.2) is 12.7 Å². The minimum atomic E-state index is -3.54. The van der Waals surface area contributed by atoms with Gasteiger partial charge in [0.15, 0.2) is 0 Å². The number of nitrogens with zero attached hydrogens (tertiary/aromatic N) is 1. The molecule has 0 atom stereocenters. The second kappa shape index (κ2) is 5.38. The van der Waals surface area contributed by atoms with Crippen molar-refractivity contribution in [3.8, 4) is 5.75 Å². The standard InChI is InChI=1S/C13H20N2O3S/c1-3-18-12-7-6-11(14)8-13(12)19(16,17)15(2)9-10-4-5-10/h6-8,10H,3-5,9,14H2,1-2H3. The molecule has 2 rings (SSSR count). The molecule has 0 aromatic heterocycles. The van der Waals surface area contributed by atoms with E-state index in [1.54, 1.807) is 19.2 Å². The summed E-state index contributed by atoms with van der Waals surface area (Å²) < 4.78 is 31.8. The van der Waals surface area contributed by atoms with Crippen LogP contribution in [0.25, 0.3) is 0 Å². The number of anilines is 1. The number of hydrogen-bond acceptors (Lipinski definition) is 4. The van der Waals surface area contributed by atoms with Crippen molar-refractivity contribution >= 4 is 15.7 Å². The number of benzene rings is 1. The highest BCUT2D eigenvalue weighted by Crippen LogP contribution is 2.33. The molecule has 0 saturated heterocycles. The Morgan fingerprint density at radius 2 is 2.11 bits per heavy atom. The Bertz CT molecular complexity index is 553. The van der Waals surface area contributed by atoms with Gasteiger partial charge in [-0.15, -0.1) is 0 Å². The molecule has 0 spiro atoms. The van der Waals surface area contributed by atoms with Crippen molar-refractivity contribution in [1.82, 2.24) is 4.31 Å². The van der Waals surface area contributed by atoms with Crippen LogP contribution >= 0.6 is 0 Å². The van der Waals surface area contributed by atoms with Crippen LogP contribution in [0, 0.1) is 5.92 Å². The number of hydrogen-bond donors (Lipinski definition) is 1. The second-order valence-electron chi connectivity index (χ2n) is 4.87. The van der Waals surface area contributed by atoms with Crippen LogP contribution in [0.1, 0.15) is 19.8 Å². The molecule has 1 saturated carbocycles. The fourth-order valence-electron chi connectivity index (χ4n) is 1.93. The number of sulfonamides is 1. The molecular formula is C13H20N2O3S. The molecule has 0 radical (unpaired) electrons. The van der Waals surface area contributed by atoms with E-state index in [1.165, 1.54) is 10.4 Å². The monoisotopic (exact) mass is 284 g/mol. The number of nitrogen functional groups attached to an aromatic ring is 1. The Hall–Kier alpha value is -1.27. The summed E-state index contributed by atoms with van der Waals surface area (Å²) in [7, 11) is -1.94. The summed E-state index contributed by atoms with van der Waals surface area (Å²) in [5, 5.41) is 0. The van der Waals surface area contributed by atoms with Gasteiger partial charge in [0.25, 0.3) is 0 Å². The van der Waals surface area contributed by atoms with E-state index in [-0.39, 0.29) is 4.90 Å². The predicted octanol–water partition coefficient (Wildman–Crippen LogP) is 1.70. The summed E-state index contributed by atoms with van der Waals surface area (Å²) >= 11 is 0. The van der Waals surface area contributed by atoms with Gasteiger partial charge in [0.2, 0.25) is 10.0 Å². The van der Waals surface area contributed by atoms with Crippen molar-refractivity contribution in [2.45, 2.75) is 24.7 Å². The van der Waals surface area contributed by atoms with E-state index in [1.807, 2.05) is 6.92 Å². The third-order valence-electron chi connectivity index (χ3n) is 3.17. The van der Waals surface area contributed by atoms with Gasteiger partial charge in [0, 0.05) is 19.3 Å².